The van der Waals surface area contributed by atoms with E-state index in [1.165, 1.54) is 18.1 Å². The van der Waals surface area contributed by atoms with Crippen LogP contribution in [-0.2, 0) is 4.79 Å². The maximum atomic E-state index is 10.7. The van der Waals surface area contributed by atoms with E-state index in [2.05, 4.69) is 54.6 Å². The number of allylic oxidation sites excluding steroid dienone is 5. The topological polar surface area (TPSA) is 37.3 Å². The monoisotopic (exact) mass is 332 g/mol. The Labute approximate surface area is 148 Å². The summed E-state index contributed by atoms with van der Waals surface area (Å²) in [6.07, 6.45) is 15.3. The van der Waals surface area contributed by atoms with Crippen molar-refractivity contribution in [3.05, 3.63) is 72.4 Å². The summed E-state index contributed by atoms with van der Waals surface area (Å²) in [7, 11) is 0. The Morgan fingerprint density at radius 1 is 1.04 bits per heavy atom. The van der Waals surface area contributed by atoms with Crippen LogP contribution in [0.4, 0.5) is 0 Å². The molecule has 2 fully saturated rings. The third-order valence-electron chi connectivity index (χ3n) is 7.30. The number of carboxylic acid groups (broad SMARTS) is 1. The zero-order chi connectivity index (χ0) is 17.0. The lowest BCUT2D eigenvalue weighted by atomic mass is 9.50. The molecule has 1 N–H and O–H groups in total. The first-order valence-electron chi connectivity index (χ1n) is 9.55. The van der Waals surface area contributed by atoms with Crippen molar-refractivity contribution >= 4 is 5.97 Å². The molecule has 128 valence electrons. The number of rotatable bonds is 4. The second kappa shape index (κ2) is 5.72. The minimum atomic E-state index is -0.830. The van der Waals surface area contributed by atoms with Gasteiger partial charge in [0.1, 0.15) is 0 Å². The van der Waals surface area contributed by atoms with Gasteiger partial charge in [0.2, 0.25) is 0 Å². The highest BCUT2D eigenvalue weighted by Crippen LogP contribution is 2.67. The molecule has 8 atom stereocenters. The van der Waals surface area contributed by atoms with Crippen LogP contribution in [0.15, 0.2) is 66.8 Å². The average Bonchev–Trinajstić information content (AvgIpc) is 2.97. The van der Waals surface area contributed by atoms with E-state index in [0.29, 0.717) is 23.7 Å². The largest absolute Gasteiger partial charge is 0.478 e. The molecule has 0 radical (unpaired) electrons. The maximum absolute atomic E-state index is 10.7. The van der Waals surface area contributed by atoms with Crippen LogP contribution in [0.25, 0.3) is 0 Å². The molecular weight excluding hydrogens is 308 g/mol. The molecule has 0 heterocycles. The number of carbonyl (C=O) groups is 1. The van der Waals surface area contributed by atoms with Crippen LogP contribution < -0.4 is 0 Å². The second-order valence-corrected chi connectivity index (χ2v) is 8.22. The molecule has 0 spiro atoms. The van der Waals surface area contributed by atoms with Gasteiger partial charge in [-0.1, -0.05) is 60.7 Å². The van der Waals surface area contributed by atoms with Gasteiger partial charge in [-0.15, -0.1) is 0 Å². The molecule has 0 amide bonds. The van der Waals surface area contributed by atoms with E-state index in [4.69, 9.17) is 5.11 Å². The van der Waals surface area contributed by atoms with E-state index < -0.39 is 5.97 Å². The van der Waals surface area contributed by atoms with Gasteiger partial charge in [0.15, 0.2) is 0 Å². The first-order valence-corrected chi connectivity index (χ1v) is 9.55. The number of hydrogen-bond acceptors (Lipinski definition) is 1. The molecule has 0 unspecified atom stereocenters. The second-order valence-electron chi connectivity index (χ2n) is 8.22. The van der Waals surface area contributed by atoms with Crippen molar-refractivity contribution < 1.29 is 9.90 Å². The lowest BCUT2D eigenvalue weighted by molar-refractivity contribution is -0.131. The van der Waals surface area contributed by atoms with Crippen molar-refractivity contribution in [2.45, 2.75) is 18.8 Å². The molecule has 0 bridgehead atoms. The van der Waals surface area contributed by atoms with E-state index in [-0.39, 0.29) is 0 Å². The molecule has 0 aliphatic heterocycles. The predicted octanol–water partition coefficient (Wildman–Crippen LogP) is 4.67. The zero-order valence-electron chi connectivity index (χ0n) is 14.2. The lowest BCUT2D eigenvalue weighted by Crippen LogP contribution is -2.49. The van der Waals surface area contributed by atoms with Crippen molar-refractivity contribution in [2.75, 3.05) is 0 Å². The summed E-state index contributed by atoms with van der Waals surface area (Å²) in [5.74, 6) is 4.75. The van der Waals surface area contributed by atoms with Crippen LogP contribution in [-0.4, -0.2) is 11.1 Å². The standard InChI is InChI=1S/C23H24O2/c24-21(25)8-4-7-17-19-12-11-18-16(14-5-2-1-3-6-14)10-9-15-13-20(17)23(19)22(15)18/h1-6,8-12,15-20,22-23H,7,13H2,(H,24,25)/t15-,16+,17-,18+,19-,20+,22-,23-/m1/s1. The van der Waals surface area contributed by atoms with Crippen LogP contribution in [0.1, 0.15) is 24.3 Å². The molecule has 2 heteroatoms. The molecule has 0 saturated heterocycles. The Morgan fingerprint density at radius 2 is 1.84 bits per heavy atom. The molecular formula is C23H24O2. The Morgan fingerprint density at radius 3 is 2.64 bits per heavy atom. The van der Waals surface area contributed by atoms with E-state index in [1.807, 2.05) is 6.08 Å². The van der Waals surface area contributed by atoms with Crippen molar-refractivity contribution in [1.82, 2.24) is 0 Å². The van der Waals surface area contributed by atoms with Crippen LogP contribution >= 0.6 is 0 Å². The van der Waals surface area contributed by atoms with Gasteiger partial charge < -0.3 is 5.11 Å². The highest BCUT2D eigenvalue weighted by atomic mass is 16.4. The molecule has 1 aromatic rings. The molecule has 4 aliphatic carbocycles. The number of benzene rings is 1. The Kier molecular flexibility index (Phi) is 3.48. The fourth-order valence-electron chi connectivity index (χ4n) is 6.45. The fourth-order valence-corrected chi connectivity index (χ4v) is 6.45. The fraction of sp³-hybridized carbons (Fsp3) is 0.435. The van der Waals surface area contributed by atoms with Crippen LogP contribution in [0.5, 0.6) is 0 Å². The summed E-state index contributed by atoms with van der Waals surface area (Å²) >= 11 is 0. The average molecular weight is 332 g/mol. The summed E-state index contributed by atoms with van der Waals surface area (Å²) in [5, 5.41) is 8.83. The molecule has 1 aromatic carbocycles. The van der Waals surface area contributed by atoms with Crippen LogP contribution in [0.3, 0.4) is 0 Å². The number of aliphatic carboxylic acids is 1. The van der Waals surface area contributed by atoms with Crippen LogP contribution in [0, 0.1) is 41.4 Å². The van der Waals surface area contributed by atoms with E-state index in [0.717, 1.165) is 30.1 Å². The van der Waals surface area contributed by atoms with E-state index in [1.54, 1.807) is 0 Å². The van der Waals surface area contributed by atoms with Crippen molar-refractivity contribution in [3.63, 3.8) is 0 Å². The van der Waals surface area contributed by atoms with Crippen molar-refractivity contribution in [1.29, 1.82) is 0 Å². The van der Waals surface area contributed by atoms with Crippen molar-refractivity contribution in [2.24, 2.45) is 41.4 Å². The first-order chi connectivity index (χ1) is 12.2. The smallest absolute Gasteiger partial charge is 0.327 e. The summed E-state index contributed by atoms with van der Waals surface area (Å²) < 4.78 is 0. The van der Waals surface area contributed by atoms with Gasteiger partial charge in [-0.25, -0.2) is 4.79 Å². The Balaban J connectivity index is 1.42. The zero-order valence-corrected chi connectivity index (χ0v) is 14.2. The lowest BCUT2D eigenvalue weighted by Gasteiger charge is -2.54. The third-order valence-corrected chi connectivity index (χ3v) is 7.30. The molecule has 25 heavy (non-hydrogen) atoms. The van der Waals surface area contributed by atoms with Gasteiger partial charge in [0, 0.05) is 12.0 Å². The van der Waals surface area contributed by atoms with Gasteiger partial charge in [-0.2, -0.15) is 0 Å². The van der Waals surface area contributed by atoms with Gasteiger partial charge in [-0.3, -0.25) is 0 Å². The minimum absolute atomic E-state index is 0.518. The highest BCUT2D eigenvalue weighted by Gasteiger charge is 2.61. The quantitative estimate of drug-likeness (QED) is 0.642. The SMILES string of the molecule is O=C(O)C=CC[C@@H]1[C@H]2C=C[C@@H]3[C@@H]4[C@H]2[C@H]1C[C@H]4C=C[C@H]3c1ccccc1. The Hall–Kier alpha value is -2.09. The highest BCUT2D eigenvalue weighted by molar-refractivity contribution is 5.79. The third kappa shape index (κ3) is 2.27. The first kappa shape index (κ1) is 15.2. The maximum Gasteiger partial charge on any atom is 0.327 e. The molecule has 4 aliphatic rings. The molecule has 2 saturated carbocycles. The van der Waals surface area contributed by atoms with E-state index >= 15 is 0 Å². The van der Waals surface area contributed by atoms with Gasteiger partial charge in [-0.05, 0) is 59.8 Å². The summed E-state index contributed by atoms with van der Waals surface area (Å²) in [5.41, 5.74) is 1.44. The normalized spacial score (nSPS) is 43.0. The minimum Gasteiger partial charge on any atom is -0.478 e. The molecule has 2 nitrogen and oxygen atoms in total. The van der Waals surface area contributed by atoms with Gasteiger partial charge in [0.05, 0.1) is 0 Å². The molecule has 0 aromatic heterocycles. The molecule has 5 rings (SSSR count). The van der Waals surface area contributed by atoms with Gasteiger partial charge >= 0.3 is 5.97 Å². The van der Waals surface area contributed by atoms with E-state index in [9.17, 15) is 4.79 Å². The van der Waals surface area contributed by atoms with Crippen molar-refractivity contribution in [3.8, 4) is 0 Å². The summed E-state index contributed by atoms with van der Waals surface area (Å²) in [6, 6.07) is 10.9. The predicted molar refractivity (Wildman–Crippen MR) is 97.9 cm³/mol. The van der Waals surface area contributed by atoms with Gasteiger partial charge in [0.25, 0.3) is 0 Å². The summed E-state index contributed by atoms with van der Waals surface area (Å²) in [6.45, 7) is 0. The Bertz CT molecular complexity index is 760. The van der Waals surface area contributed by atoms with Crippen LogP contribution in [0.2, 0.25) is 0 Å². The number of hydrogen-bond donors (Lipinski definition) is 1. The summed E-state index contributed by atoms with van der Waals surface area (Å²) in [4.78, 5) is 10.7. The number of carboxylic acids is 1.